The molecular weight excluding hydrogens is 224 g/mol. The number of nitrogen functional groups attached to an aromatic ring is 1. The van der Waals surface area contributed by atoms with Gasteiger partial charge in [-0.2, -0.15) is 0 Å². The SMILES string of the molecule is CC(C)c1ccc(-n2nnc(N)c2C2CC2)cc1. The summed E-state index contributed by atoms with van der Waals surface area (Å²) in [5.41, 5.74) is 9.36. The zero-order valence-corrected chi connectivity index (χ0v) is 10.8. The Labute approximate surface area is 107 Å². The van der Waals surface area contributed by atoms with Gasteiger partial charge in [-0.05, 0) is 36.5 Å². The van der Waals surface area contributed by atoms with E-state index in [9.17, 15) is 0 Å². The summed E-state index contributed by atoms with van der Waals surface area (Å²) < 4.78 is 1.89. The molecule has 1 heterocycles. The van der Waals surface area contributed by atoms with Crippen molar-refractivity contribution in [3.05, 3.63) is 35.5 Å². The number of benzene rings is 1. The lowest BCUT2D eigenvalue weighted by molar-refractivity contribution is 0.762. The Morgan fingerprint density at radius 1 is 1.22 bits per heavy atom. The normalized spacial score (nSPS) is 15.3. The molecule has 94 valence electrons. The van der Waals surface area contributed by atoms with Crippen LogP contribution in [0.15, 0.2) is 24.3 Å². The van der Waals surface area contributed by atoms with Gasteiger partial charge in [0.15, 0.2) is 5.82 Å². The van der Waals surface area contributed by atoms with Crippen molar-refractivity contribution in [2.75, 3.05) is 5.73 Å². The van der Waals surface area contributed by atoms with Gasteiger partial charge in [0, 0.05) is 5.92 Å². The van der Waals surface area contributed by atoms with E-state index in [0.717, 1.165) is 11.4 Å². The maximum absolute atomic E-state index is 5.90. The highest BCUT2D eigenvalue weighted by Gasteiger charge is 2.31. The monoisotopic (exact) mass is 242 g/mol. The third-order valence-corrected chi connectivity index (χ3v) is 3.50. The van der Waals surface area contributed by atoms with E-state index < -0.39 is 0 Å². The molecule has 0 saturated heterocycles. The maximum Gasteiger partial charge on any atom is 0.169 e. The number of aromatic nitrogens is 3. The predicted molar refractivity (Wildman–Crippen MR) is 71.8 cm³/mol. The first kappa shape index (κ1) is 11.3. The highest BCUT2D eigenvalue weighted by Crippen LogP contribution is 2.42. The summed E-state index contributed by atoms with van der Waals surface area (Å²) in [5, 5.41) is 8.17. The Hall–Kier alpha value is -1.84. The molecule has 1 fully saturated rings. The molecule has 18 heavy (non-hydrogen) atoms. The van der Waals surface area contributed by atoms with Crippen molar-refractivity contribution in [3.8, 4) is 5.69 Å². The average Bonchev–Trinajstić information content (AvgIpc) is 3.13. The van der Waals surface area contributed by atoms with Crippen molar-refractivity contribution in [1.82, 2.24) is 15.0 Å². The molecule has 4 heteroatoms. The second kappa shape index (κ2) is 4.12. The topological polar surface area (TPSA) is 56.7 Å². The van der Waals surface area contributed by atoms with Crippen molar-refractivity contribution >= 4 is 5.82 Å². The summed E-state index contributed by atoms with van der Waals surface area (Å²) in [6.45, 7) is 4.39. The summed E-state index contributed by atoms with van der Waals surface area (Å²) in [5.74, 6) is 1.66. The van der Waals surface area contributed by atoms with E-state index in [1.807, 2.05) is 4.68 Å². The molecular formula is C14H18N4. The molecule has 0 unspecified atom stereocenters. The second-order valence-corrected chi connectivity index (χ2v) is 5.29. The van der Waals surface area contributed by atoms with Crippen LogP contribution < -0.4 is 5.73 Å². The Kier molecular flexibility index (Phi) is 2.58. The van der Waals surface area contributed by atoms with Crippen LogP contribution in [0, 0.1) is 0 Å². The zero-order chi connectivity index (χ0) is 12.7. The minimum atomic E-state index is 0.544. The molecule has 0 spiro atoms. The fraction of sp³-hybridized carbons (Fsp3) is 0.429. The predicted octanol–water partition coefficient (Wildman–Crippen LogP) is 2.85. The number of rotatable bonds is 3. The Morgan fingerprint density at radius 3 is 2.44 bits per heavy atom. The molecule has 0 radical (unpaired) electrons. The molecule has 3 rings (SSSR count). The van der Waals surface area contributed by atoms with Gasteiger partial charge in [-0.25, -0.2) is 4.68 Å². The van der Waals surface area contributed by atoms with Crippen molar-refractivity contribution in [2.45, 2.75) is 38.5 Å². The van der Waals surface area contributed by atoms with E-state index in [-0.39, 0.29) is 0 Å². The van der Waals surface area contributed by atoms with E-state index in [1.54, 1.807) is 0 Å². The maximum atomic E-state index is 5.90. The third kappa shape index (κ3) is 1.88. The highest BCUT2D eigenvalue weighted by atomic mass is 15.4. The van der Waals surface area contributed by atoms with Crippen LogP contribution in [0.2, 0.25) is 0 Å². The Balaban J connectivity index is 1.99. The van der Waals surface area contributed by atoms with Crippen LogP contribution in [0.5, 0.6) is 0 Å². The molecule has 2 N–H and O–H groups in total. The van der Waals surface area contributed by atoms with Crippen molar-refractivity contribution in [2.24, 2.45) is 0 Å². The lowest BCUT2D eigenvalue weighted by Crippen LogP contribution is -2.03. The lowest BCUT2D eigenvalue weighted by atomic mass is 10.0. The highest BCUT2D eigenvalue weighted by molar-refractivity contribution is 5.45. The summed E-state index contributed by atoms with van der Waals surface area (Å²) >= 11 is 0. The largest absolute Gasteiger partial charge is 0.381 e. The number of anilines is 1. The van der Waals surface area contributed by atoms with E-state index in [4.69, 9.17) is 5.73 Å². The first-order valence-corrected chi connectivity index (χ1v) is 6.48. The van der Waals surface area contributed by atoms with Crippen molar-refractivity contribution < 1.29 is 0 Å². The van der Waals surface area contributed by atoms with Gasteiger partial charge in [0.1, 0.15) is 0 Å². The first-order chi connectivity index (χ1) is 8.66. The van der Waals surface area contributed by atoms with Crippen LogP contribution in [0.4, 0.5) is 5.82 Å². The van der Waals surface area contributed by atoms with Gasteiger partial charge in [-0.3, -0.25) is 0 Å². The van der Waals surface area contributed by atoms with Crippen molar-refractivity contribution in [1.29, 1.82) is 0 Å². The van der Waals surface area contributed by atoms with Gasteiger partial charge in [0.05, 0.1) is 11.4 Å². The molecule has 0 atom stereocenters. The molecule has 4 nitrogen and oxygen atoms in total. The zero-order valence-electron chi connectivity index (χ0n) is 10.8. The van der Waals surface area contributed by atoms with Crippen LogP contribution in [0.3, 0.4) is 0 Å². The molecule has 1 aliphatic carbocycles. The minimum Gasteiger partial charge on any atom is -0.381 e. The quantitative estimate of drug-likeness (QED) is 0.900. The van der Waals surface area contributed by atoms with E-state index in [1.165, 1.54) is 18.4 Å². The Morgan fingerprint density at radius 2 is 1.89 bits per heavy atom. The van der Waals surface area contributed by atoms with Crippen LogP contribution in [-0.4, -0.2) is 15.0 Å². The molecule has 2 aromatic rings. The lowest BCUT2D eigenvalue weighted by Gasteiger charge is -2.08. The fourth-order valence-corrected chi connectivity index (χ4v) is 2.23. The smallest absolute Gasteiger partial charge is 0.169 e. The van der Waals surface area contributed by atoms with Gasteiger partial charge in [-0.1, -0.05) is 31.2 Å². The van der Waals surface area contributed by atoms with Gasteiger partial charge in [-0.15, -0.1) is 5.10 Å². The summed E-state index contributed by atoms with van der Waals surface area (Å²) in [6.07, 6.45) is 2.39. The molecule has 0 aliphatic heterocycles. The molecule has 0 bridgehead atoms. The van der Waals surface area contributed by atoms with Gasteiger partial charge < -0.3 is 5.73 Å². The van der Waals surface area contributed by atoms with E-state index >= 15 is 0 Å². The minimum absolute atomic E-state index is 0.544. The second-order valence-electron chi connectivity index (χ2n) is 5.29. The number of nitrogens with zero attached hydrogens (tertiary/aromatic N) is 3. The number of hydrogen-bond donors (Lipinski definition) is 1. The first-order valence-electron chi connectivity index (χ1n) is 6.48. The van der Waals surface area contributed by atoms with Crippen LogP contribution in [0.1, 0.15) is 49.8 Å². The molecule has 1 aromatic heterocycles. The summed E-state index contributed by atoms with van der Waals surface area (Å²) in [7, 11) is 0. The van der Waals surface area contributed by atoms with Gasteiger partial charge >= 0.3 is 0 Å². The van der Waals surface area contributed by atoms with E-state index in [2.05, 4.69) is 48.4 Å². The van der Waals surface area contributed by atoms with Crippen LogP contribution in [0.25, 0.3) is 5.69 Å². The third-order valence-electron chi connectivity index (χ3n) is 3.50. The molecule has 1 saturated carbocycles. The average molecular weight is 242 g/mol. The standard InChI is InChI=1S/C14H18N4/c1-9(2)10-5-7-12(8-6-10)18-13(11-3-4-11)14(15)16-17-18/h5-9,11H,3-4,15H2,1-2H3. The van der Waals surface area contributed by atoms with Crippen LogP contribution in [-0.2, 0) is 0 Å². The van der Waals surface area contributed by atoms with Gasteiger partial charge in [0.25, 0.3) is 0 Å². The molecule has 0 amide bonds. The van der Waals surface area contributed by atoms with Gasteiger partial charge in [0.2, 0.25) is 0 Å². The van der Waals surface area contributed by atoms with Crippen molar-refractivity contribution in [3.63, 3.8) is 0 Å². The van der Waals surface area contributed by atoms with E-state index in [0.29, 0.717) is 17.7 Å². The summed E-state index contributed by atoms with van der Waals surface area (Å²) in [4.78, 5) is 0. The molecule has 1 aliphatic rings. The fourth-order valence-electron chi connectivity index (χ4n) is 2.23. The number of nitrogens with two attached hydrogens (primary N) is 1. The van der Waals surface area contributed by atoms with Crippen LogP contribution >= 0.6 is 0 Å². The number of hydrogen-bond acceptors (Lipinski definition) is 3. The summed E-state index contributed by atoms with van der Waals surface area (Å²) in [6, 6.07) is 8.48. The Bertz CT molecular complexity index is 550. The molecule has 1 aromatic carbocycles.